The smallest absolute Gasteiger partial charge is 0.244 e. The minimum Gasteiger partial charge on any atom is -0.302 e. The number of hydrogen-bond donors (Lipinski definition) is 1. The molecule has 0 aliphatic carbocycles. The molecule has 1 amide bonds. The molecule has 3 aromatic rings. The highest BCUT2D eigenvalue weighted by Gasteiger charge is 2.32. The molecule has 3 heterocycles. The SMILES string of the molecule is CCCc1ccc(-c2nc(NC(=O)C3CCN(S(=O)(=O)c4cccnc4)CC3)sc2C)cc1. The van der Waals surface area contributed by atoms with Crippen LogP contribution in [-0.2, 0) is 21.2 Å². The molecule has 1 aromatic carbocycles. The minimum absolute atomic E-state index is 0.105. The quantitative estimate of drug-likeness (QED) is 0.533. The first-order valence-corrected chi connectivity index (χ1v) is 13.4. The third-order valence-electron chi connectivity index (χ3n) is 5.89. The maximum Gasteiger partial charge on any atom is 0.244 e. The van der Waals surface area contributed by atoms with Crippen LogP contribution in [0.1, 0.15) is 36.6 Å². The molecule has 1 fully saturated rings. The first-order valence-electron chi connectivity index (χ1n) is 11.2. The number of sulfonamides is 1. The Bertz CT molecular complexity index is 1200. The Kier molecular flexibility index (Phi) is 7.21. The van der Waals surface area contributed by atoms with Crippen molar-refractivity contribution in [2.75, 3.05) is 18.4 Å². The van der Waals surface area contributed by atoms with Gasteiger partial charge in [0.25, 0.3) is 0 Å². The molecule has 0 unspecified atom stereocenters. The van der Waals surface area contributed by atoms with E-state index < -0.39 is 10.0 Å². The number of nitrogens with zero attached hydrogens (tertiary/aromatic N) is 3. The maximum absolute atomic E-state index is 12.8. The van der Waals surface area contributed by atoms with E-state index in [0.29, 0.717) is 31.1 Å². The van der Waals surface area contributed by atoms with E-state index in [4.69, 9.17) is 0 Å². The van der Waals surface area contributed by atoms with Gasteiger partial charge in [-0.3, -0.25) is 9.78 Å². The molecular weight excluding hydrogens is 456 g/mol. The fraction of sp³-hybridized carbons (Fsp3) is 0.375. The maximum atomic E-state index is 12.8. The highest BCUT2D eigenvalue weighted by atomic mass is 32.2. The lowest BCUT2D eigenvalue weighted by Crippen LogP contribution is -2.41. The second-order valence-electron chi connectivity index (χ2n) is 8.23. The Balaban J connectivity index is 1.37. The number of amides is 1. The fourth-order valence-electron chi connectivity index (χ4n) is 4.05. The molecule has 174 valence electrons. The second kappa shape index (κ2) is 10.1. The van der Waals surface area contributed by atoms with Gasteiger partial charge in [0.15, 0.2) is 5.13 Å². The molecule has 0 spiro atoms. The number of carbonyl (C=O) groups excluding carboxylic acids is 1. The molecule has 0 saturated carbocycles. The Morgan fingerprint density at radius 1 is 1.18 bits per heavy atom. The van der Waals surface area contributed by atoms with Crippen molar-refractivity contribution in [1.82, 2.24) is 14.3 Å². The standard InChI is InChI=1S/C24H28N4O3S2/c1-3-5-18-7-9-19(10-8-18)22-17(2)32-24(26-22)27-23(29)20-11-14-28(15-12-20)33(30,31)21-6-4-13-25-16-21/h4,6-10,13,16,20H,3,5,11-12,14-15H2,1-2H3,(H,26,27,29). The van der Waals surface area contributed by atoms with Crippen molar-refractivity contribution < 1.29 is 13.2 Å². The average Bonchev–Trinajstić information content (AvgIpc) is 3.20. The molecule has 2 aromatic heterocycles. The minimum atomic E-state index is -3.58. The van der Waals surface area contributed by atoms with Crippen LogP contribution in [0, 0.1) is 12.8 Å². The van der Waals surface area contributed by atoms with Crippen molar-refractivity contribution >= 4 is 32.4 Å². The van der Waals surface area contributed by atoms with Crippen LogP contribution in [-0.4, -0.2) is 41.7 Å². The summed E-state index contributed by atoms with van der Waals surface area (Å²) in [4.78, 5) is 22.6. The molecule has 4 rings (SSSR count). The van der Waals surface area contributed by atoms with E-state index in [-0.39, 0.29) is 16.7 Å². The number of pyridine rings is 1. The van der Waals surface area contributed by atoms with Crippen LogP contribution < -0.4 is 5.32 Å². The van der Waals surface area contributed by atoms with Gasteiger partial charge in [-0.1, -0.05) is 37.6 Å². The Hall–Kier alpha value is -2.62. The number of rotatable bonds is 7. The molecule has 9 heteroatoms. The van der Waals surface area contributed by atoms with E-state index >= 15 is 0 Å². The van der Waals surface area contributed by atoms with Crippen molar-refractivity contribution in [2.45, 2.75) is 44.4 Å². The van der Waals surface area contributed by atoms with E-state index in [1.54, 1.807) is 18.3 Å². The number of hydrogen-bond acceptors (Lipinski definition) is 6. The summed E-state index contributed by atoms with van der Waals surface area (Å²) in [5, 5.41) is 3.53. The molecular formula is C24H28N4O3S2. The molecule has 33 heavy (non-hydrogen) atoms. The number of piperidine rings is 1. The molecule has 0 radical (unpaired) electrons. The van der Waals surface area contributed by atoms with Gasteiger partial charge in [-0.25, -0.2) is 13.4 Å². The monoisotopic (exact) mass is 484 g/mol. The van der Waals surface area contributed by atoms with Gasteiger partial charge >= 0.3 is 0 Å². The largest absolute Gasteiger partial charge is 0.302 e. The van der Waals surface area contributed by atoms with Gasteiger partial charge in [0.1, 0.15) is 4.90 Å². The van der Waals surface area contributed by atoms with Crippen LogP contribution in [0.25, 0.3) is 11.3 Å². The summed E-state index contributed by atoms with van der Waals surface area (Å²) in [6, 6.07) is 11.6. The first kappa shape index (κ1) is 23.5. The molecule has 1 saturated heterocycles. The third kappa shape index (κ3) is 5.31. The summed E-state index contributed by atoms with van der Waals surface area (Å²) in [5.41, 5.74) is 3.23. The summed E-state index contributed by atoms with van der Waals surface area (Å²) < 4.78 is 27.0. The van der Waals surface area contributed by atoms with Crippen LogP contribution in [0.5, 0.6) is 0 Å². The van der Waals surface area contributed by atoms with Gasteiger partial charge in [-0.2, -0.15) is 4.31 Å². The van der Waals surface area contributed by atoms with E-state index in [0.717, 1.165) is 29.0 Å². The molecule has 1 aliphatic rings. The zero-order chi connectivity index (χ0) is 23.4. The number of benzene rings is 1. The molecule has 0 atom stereocenters. The predicted molar refractivity (Wildman–Crippen MR) is 131 cm³/mol. The van der Waals surface area contributed by atoms with E-state index in [9.17, 15) is 13.2 Å². The third-order valence-corrected chi connectivity index (χ3v) is 8.66. The number of aryl methyl sites for hydroxylation is 2. The lowest BCUT2D eigenvalue weighted by Gasteiger charge is -2.30. The number of nitrogens with one attached hydrogen (secondary N) is 1. The number of thiazole rings is 1. The lowest BCUT2D eigenvalue weighted by molar-refractivity contribution is -0.120. The normalized spacial score (nSPS) is 15.5. The van der Waals surface area contributed by atoms with E-state index in [1.165, 1.54) is 27.4 Å². The fourth-order valence-corrected chi connectivity index (χ4v) is 6.32. The van der Waals surface area contributed by atoms with Crippen molar-refractivity contribution in [3.63, 3.8) is 0 Å². The van der Waals surface area contributed by atoms with Gasteiger partial charge in [0.2, 0.25) is 15.9 Å². The highest BCUT2D eigenvalue weighted by molar-refractivity contribution is 7.89. The van der Waals surface area contributed by atoms with Crippen molar-refractivity contribution in [2.24, 2.45) is 5.92 Å². The first-order chi connectivity index (χ1) is 15.9. The number of carbonyl (C=O) groups is 1. The van der Waals surface area contributed by atoms with Gasteiger partial charge in [0, 0.05) is 41.8 Å². The van der Waals surface area contributed by atoms with Crippen LogP contribution in [0.3, 0.4) is 0 Å². The zero-order valence-corrected chi connectivity index (χ0v) is 20.5. The van der Waals surface area contributed by atoms with Crippen LogP contribution in [0.15, 0.2) is 53.7 Å². The molecule has 1 aliphatic heterocycles. The van der Waals surface area contributed by atoms with E-state index in [2.05, 4.69) is 46.5 Å². The van der Waals surface area contributed by atoms with Gasteiger partial charge in [0.05, 0.1) is 5.69 Å². The number of anilines is 1. The predicted octanol–water partition coefficient (Wildman–Crippen LogP) is 4.51. The summed E-state index contributed by atoms with van der Waals surface area (Å²) >= 11 is 1.46. The van der Waals surface area contributed by atoms with Crippen LogP contribution in [0.2, 0.25) is 0 Å². The zero-order valence-electron chi connectivity index (χ0n) is 18.8. The summed E-state index contributed by atoms with van der Waals surface area (Å²) in [6.07, 6.45) is 6.01. The molecule has 0 bridgehead atoms. The van der Waals surface area contributed by atoms with Crippen LogP contribution in [0.4, 0.5) is 5.13 Å². The van der Waals surface area contributed by atoms with Crippen molar-refractivity contribution in [1.29, 1.82) is 0 Å². The second-order valence-corrected chi connectivity index (χ2v) is 11.4. The molecule has 1 N–H and O–H groups in total. The lowest BCUT2D eigenvalue weighted by atomic mass is 9.97. The van der Waals surface area contributed by atoms with E-state index in [1.807, 2.05) is 6.92 Å². The topological polar surface area (TPSA) is 92.3 Å². The molecule has 7 nitrogen and oxygen atoms in total. The Morgan fingerprint density at radius 2 is 1.91 bits per heavy atom. The highest BCUT2D eigenvalue weighted by Crippen LogP contribution is 2.32. The Morgan fingerprint density at radius 3 is 2.55 bits per heavy atom. The summed E-state index contributed by atoms with van der Waals surface area (Å²) in [6.45, 7) is 4.78. The Labute approximate surface area is 199 Å². The van der Waals surface area contributed by atoms with Crippen molar-refractivity contribution in [3.05, 3.63) is 59.2 Å². The summed E-state index contributed by atoms with van der Waals surface area (Å²) in [7, 11) is -3.58. The number of aromatic nitrogens is 2. The van der Waals surface area contributed by atoms with Crippen LogP contribution >= 0.6 is 11.3 Å². The van der Waals surface area contributed by atoms with Gasteiger partial charge in [-0.15, -0.1) is 11.3 Å². The van der Waals surface area contributed by atoms with Gasteiger partial charge < -0.3 is 5.32 Å². The van der Waals surface area contributed by atoms with Crippen molar-refractivity contribution in [3.8, 4) is 11.3 Å². The summed E-state index contributed by atoms with van der Waals surface area (Å²) in [5.74, 6) is -0.349. The average molecular weight is 485 g/mol. The van der Waals surface area contributed by atoms with Gasteiger partial charge in [-0.05, 0) is 43.9 Å².